The summed E-state index contributed by atoms with van der Waals surface area (Å²) < 4.78 is 49.6. The van der Waals surface area contributed by atoms with E-state index in [-0.39, 0.29) is 43.6 Å². The van der Waals surface area contributed by atoms with E-state index >= 15 is 0 Å². The van der Waals surface area contributed by atoms with Gasteiger partial charge in [-0.3, -0.25) is 0 Å². The van der Waals surface area contributed by atoms with Gasteiger partial charge in [0.1, 0.15) is 54.3 Å². The van der Waals surface area contributed by atoms with Crippen LogP contribution in [0, 0.1) is 0 Å². The van der Waals surface area contributed by atoms with Crippen LogP contribution in [0.4, 0.5) is 0 Å². The molecule has 0 aliphatic heterocycles. The lowest BCUT2D eigenvalue weighted by molar-refractivity contribution is -0.146. The van der Waals surface area contributed by atoms with Gasteiger partial charge in [-0.05, 0) is 228 Å². The lowest BCUT2D eigenvalue weighted by Gasteiger charge is -2.20. The molecular weight excluding hydrogens is 1120 g/mol. The van der Waals surface area contributed by atoms with Gasteiger partial charge in [-0.25, -0.2) is 14.4 Å². The van der Waals surface area contributed by atoms with Crippen LogP contribution in [0.2, 0.25) is 0 Å². The van der Waals surface area contributed by atoms with E-state index in [1.807, 2.05) is 94.9 Å². The molecule has 15 nitrogen and oxygen atoms in total. The molecule has 486 valence electrons. The summed E-state index contributed by atoms with van der Waals surface area (Å²) >= 11 is 0. The number of hydrogen-bond acceptors (Lipinski definition) is 15. The fraction of sp³-hybridized carbons (Fsp3) is 0.473. The SMILES string of the molecule is CCOC(=O)COc1ccc(-c2ccc(OCCN(C)C)c(C(C)C)c2)cc1C(C)C.CCOC(=O)COc1ccc(-c2ccc(OCCN(C)C)c(C(C)CC)c2)cc1C(C)CC.CCOC(=O)COc1ccc(-c2ccc(OCCN(C)C)cc2)cc1. The van der Waals surface area contributed by atoms with Crippen molar-refractivity contribution >= 4 is 17.9 Å². The molecule has 0 aliphatic carbocycles. The highest BCUT2D eigenvalue weighted by Gasteiger charge is 2.19. The first-order valence-corrected chi connectivity index (χ1v) is 31.6. The summed E-state index contributed by atoms with van der Waals surface area (Å²) in [6, 6.07) is 40.8. The maximum Gasteiger partial charge on any atom is 0.344 e. The summed E-state index contributed by atoms with van der Waals surface area (Å²) in [7, 11) is 12.2. The predicted molar refractivity (Wildman–Crippen MR) is 360 cm³/mol. The van der Waals surface area contributed by atoms with Crippen molar-refractivity contribution in [1.82, 2.24) is 14.7 Å². The zero-order chi connectivity index (χ0) is 65.4. The normalized spacial score (nSPS) is 11.7. The number of benzene rings is 6. The molecule has 89 heavy (non-hydrogen) atoms. The van der Waals surface area contributed by atoms with Gasteiger partial charge in [0.15, 0.2) is 19.8 Å². The topological polar surface area (TPSA) is 144 Å². The van der Waals surface area contributed by atoms with E-state index < -0.39 is 0 Å². The third kappa shape index (κ3) is 25.8. The van der Waals surface area contributed by atoms with Crippen LogP contribution in [0.25, 0.3) is 33.4 Å². The summed E-state index contributed by atoms with van der Waals surface area (Å²) in [5.41, 5.74) is 11.3. The monoisotopic (exact) mass is 1230 g/mol. The Balaban J connectivity index is 0.000000288. The molecule has 0 saturated carbocycles. The number of carbonyl (C=O) groups is 3. The van der Waals surface area contributed by atoms with Crippen molar-refractivity contribution < 1.29 is 57.0 Å². The Labute approximate surface area is 532 Å². The van der Waals surface area contributed by atoms with Crippen LogP contribution in [-0.4, -0.2) is 154 Å². The van der Waals surface area contributed by atoms with Gasteiger partial charge in [-0.1, -0.05) is 104 Å². The number of likely N-dealkylation sites (N-methyl/N-ethyl adjacent to an activating group) is 3. The van der Waals surface area contributed by atoms with E-state index in [4.69, 9.17) is 42.6 Å². The minimum absolute atomic E-state index is 0.0756. The van der Waals surface area contributed by atoms with Crippen LogP contribution in [0.1, 0.15) is 135 Å². The number of nitrogens with zero attached hydrogens (tertiary/aromatic N) is 3. The van der Waals surface area contributed by atoms with E-state index in [1.165, 1.54) is 11.1 Å². The second kappa shape index (κ2) is 39.4. The molecule has 0 heterocycles. The van der Waals surface area contributed by atoms with Crippen LogP contribution >= 0.6 is 0 Å². The molecule has 2 atom stereocenters. The van der Waals surface area contributed by atoms with E-state index in [2.05, 4.69) is 139 Å². The Morgan fingerprint density at radius 3 is 0.921 bits per heavy atom. The predicted octanol–water partition coefficient (Wildman–Crippen LogP) is 15.0. The lowest BCUT2D eigenvalue weighted by atomic mass is 9.91. The maximum absolute atomic E-state index is 11.8. The van der Waals surface area contributed by atoms with Gasteiger partial charge in [0.2, 0.25) is 0 Å². The molecule has 0 saturated heterocycles. The molecule has 0 aromatic heterocycles. The summed E-state index contributed by atoms with van der Waals surface area (Å²) in [4.78, 5) is 41.0. The summed E-state index contributed by atoms with van der Waals surface area (Å²) in [6.45, 7) is 28.2. The van der Waals surface area contributed by atoms with Crippen molar-refractivity contribution in [2.24, 2.45) is 0 Å². The molecule has 6 aromatic carbocycles. The Morgan fingerprint density at radius 1 is 0.337 bits per heavy atom. The minimum Gasteiger partial charge on any atom is -0.492 e. The highest BCUT2D eigenvalue weighted by molar-refractivity contribution is 5.74. The first kappa shape index (κ1) is 73.9. The Bertz CT molecular complexity index is 3050. The number of esters is 3. The highest BCUT2D eigenvalue weighted by atomic mass is 16.6. The van der Waals surface area contributed by atoms with Crippen LogP contribution in [0.3, 0.4) is 0 Å². The third-order valence-electron chi connectivity index (χ3n) is 14.6. The largest absolute Gasteiger partial charge is 0.492 e. The molecule has 6 aromatic rings. The van der Waals surface area contributed by atoms with Gasteiger partial charge < -0.3 is 57.3 Å². The van der Waals surface area contributed by atoms with Crippen molar-refractivity contribution in [1.29, 1.82) is 0 Å². The van der Waals surface area contributed by atoms with E-state index in [0.717, 1.165) is 106 Å². The first-order valence-electron chi connectivity index (χ1n) is 31.6. The molecule has 6 rings (SSSR count). The van der Waals surface area contributed by atoms with E-state index in [9.17, 15) is 14.4 Å². The Morgan fingerprint density at radius 2 is 0.607 bits per heavy atom. The van der Waals surface area contributed by atoms with Gasteiger partial charge in [0.25, 0.3) is 0 Å². The molecule has 0 spiro atoms. The van der Waals surface area contributed by atoms with Crippen LogP contribution in [0.15, 0.2) is 121 Å². The number of ether oxygens (including phenoxy) is 9. The summed E-state index contributed by atoms with van der Waals surface area (Å²) in [5.74, 6) is 5.13. The lowest BCUT2D eigenvalue weighted by Crippen LogP contribution is -2.19. The van der Waals surface area contributed by atoms with Crippen molar-refractivity contribution in [2.45, 2.75) is 113 Å². The third-order valence-corrected chi connectivity index (χ3v) is 14.6. The standard InChI is InChI=1S/C28H41NO4.C26H37NO4.C20H25NO4/c1-8-20(4)24-17-22(11-13-26(24)32-16-15-29(6)7)23-12-14-27(25(18-23)21(5)9-2)33-19-28(30)31-10-3;1-8-29-26(28)17-31-25-12-10-21(16-23(25)19(4)5)20-9-11-24(22(15-20)18(2)3)30-14-13-27(6)7;1-4-23-20(22)15-25-19-11-7-17(8-12-19)16-5-9-18(10-6-16)24-14-13-21(2)3/h11-14,17-18,20-21H,8-10,15-16,19H2,1-7H3;9-12,15-16,18-19H,8,13-14,17H2,1-7H3;5-12H,4,13-15H2,1-3H3. The van der Waals surface area contributed by atoms with Crippen LogP contribution in [-0.2, 0) is 28.6 Å². The second-order valence-electron chi connectivity index (χ2n) is 23.2. The van der Waals surface area contributed by atoms with Crippen molar-refractivity contribution in [2.75, 3.05) is 121 Å². The smallest absolute Gasteiger partial charge is 0.344 e. The molecule has 0 fully saturated rings. The van der Waals surface area contributed by atoms with Crippen molar-refractivity contribution in [3.05, 3.63) is 144 Å². The van der Waals surface area contributed by atoms with Crippen molar-refractivity contribution in [3.8, 4) is 67.9 Å². The average Bonchev–Trinajstić information content (AvgIpc) is 1.68. The second-order valence-corrected chi connectivity index (χ2v) is 23.2. The summed E-state index contributed by atoms with van der Waals surface area (Å²) in [5, 5.41) is 0. The minimum atomic E-state index is -0.364. The average molecular weight is 1230 g/mol. The molecule has 2 unspecified atom stereocenters. The Kier molecular flexibility index (Phi) is 32.7. The molecule has 0 N–H and O–H groups in total. The zero-order valence-electron chi connectivity index (χ0n) is 56.5. The number of rotatable bonds is 33. The van der Waals surface area contributed by atoms with Crippen LogP contribution < -0.4 is 28.4 Å². The summed E-state index contributed by atoms with van der Waals surface area (Å²) in [6.07, 6.45) is 2.03. The number of carbonyl (C=O) groups excluding carboxylic acids is 3. The van der Waals surface area contributed by atoms with Crippen molar-refractivity contribution in [3.63, 3.8) is 0 Å². The zero-order valence-corrected chi connectivity index (χ0v) is 56.5. The van der Waals surface area contributed by atoms with E-state index in [1.54, 1.807) is 20.8 Å². The van der Waals surface area contributed by atoms with Gasteiger partial charge >= 0.3 is 17.9 Å². The fourth-order valence-corrected chi connectivity index (χ4v) is 9.08. The van der Waals surface area contributed by atoms with E-state index in [0.29, 0.717) is 63.1 Å². The highest BCUT2D eigenvalue weighted by Crippen LogP contribution is 2.39. The fourth-order valence-electron chi connectivity index (χ4n) is 9.08. The van der Waals surface area contributed by atoms with Gasteiger partial charge in [0, 0.05) is 19.6 Å². The number of hydrogen-bond donors (Lipinski definition) is 0. The van der Waals surface area contributed by atoms with Gasteiger partial charge in [-0.2, -0.15) is 0 Å². The molecule has 15 heteroatoms. The quantitative estimate of drug-likeness (QED) is 0.0284. The molecule has 0 bridgehead atoms. The van der Waals surface area contributed by atoms with Gasteiger partial charge in [0.05, 0.1) is 19.8 Å². The molecule has 0 radical (unpaired) electrons. The van der Waals surface area contributed by atoms with Gasteiger partial charge in [-0.15, -0.1) is 0 Å². The molecular formula is C74H103N3O12. The molecule has 0 aliphatic rings. The first-order chi connectivity index (χ1) is 42.6. The molecule has 0 amide bonds. The van der Waals surface area contributed by atoms with Crippen LogP contribution in [0.5, 0.6) is 34.5 Å². The Hall–Kier alpha value is -7.59. The maximum atomic E-state index is 11.8.